The molecule has 0 aliphatic heterocycles. The largest absolute Gasteiger partial charge is 0.327 e. The normalized spacial score (nSPS) is 7.08. The van der Waals surface area contributed by atoms with Gasteiger partial charge in [-0.05, 0) is 0 Å². The monoisotopic (exact) mass is 196 g/mol. The van der Waals surface area contributed by atoms with E-state index in [2.05, 4.69) is 13.2 Å². The second kappa shape index (κ2) is 22.4. The molecule has 74 valence electrons. The molecule has 0 heterocycles. The van der Waals surface area contributed by atoms with Crippen LogP contribution in [0.3, 0.4) is 0 Å². The fourth-order valence-electron chi connectivity index (χ4n) is 0. The number of nitrogens with two attached hydrogens (primary N) is 2. The van der Waals surface area contributed by atoms with Crippen LogP contribution in [0.2, 0.25) is 0 Å². The number of rotatable bonds is 2. The molecule has 0 spiro atoms. The Balaban J connectivity index is -0.000000101. The van der Waals surface area contributed by atoms with Crippen molar-refractivity contribution in [2.75, 3.05) is 13.1 Å². The molecule has 6 N–H and O–H groups in total. The minimum atomic E-state index is -3.13. The van der Waals surface area contributed by atoms with E-state index in [0.717, 1.165) is 0 Å². The molecule has 0 amide bonds. The fourth-order valence-corrected chi connectivity index (χ4v) is 0. The van der Waals surface area contributed by atoms with Crippen LogP contribution >= 0.6 is 8.25 Å². The highest BCUT2D eigenvalue weighted by molar-refractivity contribution is 7.30. The molecule has 6 heteroatoms. The van der Waals surface area contributed by atoms with E-state index >= 15 is 0 Å². The minimum Gasteiger partial charge on any atom is -0.327 e. The summed E-state index contributed by atoms with van der Waals surface area (Å²) in [6.45, 7) is 7.87. The smallest absolute Gasteiger partial charge is 0.314 e. The van der Waals surface area contributed by atoms with E-state index in [0.29, 0.717) is 13.1 Å². The van der Waals surface area contributed by atoms with E-state index in [1.54, 1.807) is 12.2 Å². The van der Waals surface area contributed by atoms with E-state index in [9.17, 15) is 0 Å². The maximum Gasteiger partial charge on any atom is 0.314 e. The second-order valence-electron chi connectivity index (χ2n) is 1.33. The van der Waals surface area contributed by atoms with Gasteiger partial charge in [-0.25, -0.2) is 0 Å². The van der Waals surface area contributed by atoms with Gasteiger partial charge in [0.2, 0.25) is 0 Å². The summed E-state index contributed by atoms with van der Waals surface area (Å²) in [6.07, 6.45) is 3.31. The second-order valence-corrected chi connectivity index (χ2v) is 1.90. The molecule has 0 aliphatic rings. The van der Waals surface area contributed by atoms with Gasteiger partial charge in [-0.15, -0.1) is 13.2 Å². The van der Waals surface area contributed by atoms with Crippen molar-refractivity contribution < 1.29 is 14.4 Å². The molecule has 0 rings (SSSR count). The molecular weight excluding hydrogens is 179 g/mol. The molecule has 12 heavy (non-hydrogen) atoms. The average molecular weight is 196 g/mol. The summed E-state index contributed by atoms with van der Waals surface area (Å²) in [4.78, 5) is 14.3. The average Bonchev–Trinajstić information content (AvgIpc) is 2.03. The van der Waals surface area contributed by atoms with Crippen molar-refractivity contribution in [3.63, 3.8) is 0 Å². The molecular formula is C6H17N2O3P. The lowest BCUT2D eigenvalue weighted by Crippen LogP contribution is -1.90. The summed E-state index contributed by atoms with van der Waals surface area (Å²) < 4.78 is 8.74. The Morgan fingerprint density at radius 3 is 1.25 bits per heavy atom. The van der Waals surface area contributed by atoms with Crippen LogP contribution in [0.15, 0.2) is 25.3 Å². The fraction of sp³-hybridized carbons (Fsp3) is 0.333. The summed E-state index contributed by atoms with van der Waals surface area (Å²) >= 11 is 0. The van der Waals surface area contributed by atoms with E-state index in [4.69, 9.17) is 25.8 Å². The van der Waals surface area contributed by atoms with E-state index < -0.39 is 8.25 Å². The van der Waals surface area contributed by atoms with Gasteiger partial charge in [0, 0.05) is 13.1 Å². The molecule has 0 saturated carbocycles. The Bertz CT molecular complexity index is 107. The Labute approximate surface area is 73.3 Å². The first-order chi connectivity index (χ1) is 5.56. The van der Waals surface area contributed by atoms with Crippen molar-refractivity contribution >= 4 is 8.25 Å². The van der Waals surface area contributed by atoms with Gasteiger partial charge >= 0.3 is 8.25 Å². The zero-order valence-electron chi connectivity index (χ0n) is 6.94. The lowest BCUT2D eigenvalue weighted by molar-refractivity contribution is 0.405. The van der Waals surface area contributed by atoms with Gasteiger partial charge in [-0.3, -0.25) is 4.57 Å². The van der Waals surface area contributed by atoms with Gasteiger partial charge in [0.05, 0.1) is 0 Å². The molecule has 0 aromatic rings. The van der Waals surface area contributed by atoms with Crippen LogP contribution in [0.1, 0.15) is 0 Å². The first-order valence-corrected chi connectivity index (χ1v) is 4.40. The van der Waals surface area contributed by atoms with E-state index in [-0.39, 0.29) is 0 Å². The molecule has 0 aromatic carbocycles. The zero-order chi connectivity index (χ0) is 10.4. The van der Waals surface area contributed by atoms with Crippen LogP contribution in [0.5, 0.6) is 0 Å². The standard InChI is InChI=1S/2C3H7N.H3O3P/c2*1-2-3-4;1-4(2)3/h2*2H,1,3-4H2;4H,(H2,1,2,3). The Morgan fingerprint density at radius 1 is 1.17 bits per heavy atom. The molecule has 0 unspecified atom stereocenters. The van der Waals surface area contributed by atoms with Gasteiger partial charge in [-0.2, -0.15) is 0 Å². The number of hydrogen-bond donors (Lipinski definition) is 4. The molecule has 0 bridgehead atoms. The molecule has 0 aliphatic carbocycles. The minimum absolute atomic E-state index is 0.583. The summed E-state index contributed by atoms with van der Waals surface area (Å²) in [6, 6.07) is 0. The van der Waals surface area contributed by atoms with Gasteiger partial charge in [0.15, 0.2) is 0 Å². The van der Waals surface area contributed by atoms with Crippen LogP contribution in [0, 0.1) is 0 Å². The topological polar surface area (TPSA) is 110 Å². The van der Waals surface area contributed by atoms with Gasteiger partial charge in [0.1, 0.15) is 0 Å². The molecule has 5 nitrogen and oxygen atoms in total. The number of hydrogen-bond acceptors (Lipinski definition) is 3. The lowest BCUT2D eigenvalue weighted by Gasteiger charge is -1.61. The first kappa shape index (κ1) is 17.6. The zero-order valence-corrected chi connectivity index (χ0v) is 7.94. The van der Waals surface area contributed by atoms with Crippen LogP contribution < -0.4 is 11.5 Å². The maximum absolute atomic E-state index is 8.74. The van der Waals surface area contributed by atoms with Crippen LogP contribution in [-0.4, -0.2) is 22.9 Å². The molecule has 0 atom stereocenters. The Kier molecular flexibility index (Phi) is 32.9. The first-order valence-electron chi connectivity index (χ1n) is 3.10. The SMILES string of the molecule is C=CCN.C=CCN.O=[PH](O)O. The van der Waals surface area contributed by atoms with Crippen LogP contribution in [0.25, 0.3) is 0 Å². The quantitative estimate of drug-likeness (QED) is 0.355. The van der Waals surface area contributed by atoms with E-state index in [1.165, 1.54) is 0 Å². The maximum atomic E-state index is 8.74. The van der Waals surface area contributed by atoms with Crippen LogP contribution in [-0.2, 0) is 4.57 Å². The Morgan fingerprint density at radius 2 is 1.25 bits per heavy atom. The van der Waals surface area contributed by atoms with Gasteiger partial charge in [0.25, 0.3) is 0 Å². The third-order valence-electron chi connectivity index (χ3n) is 0.333. The highest BCUT2D eigenvalue weighted by atomic mass is 31.1. The molecule has 0 radical (unpaired) electrons. The molecule has 0 fully saturated rings. The van der Waals surface area contributed by atoms with Crippen molar-refractivity contribution in [2.24, 2.45) is 11.5 Å². The predicted octanol–water partition coefficient (Wildman–Crippen LogP) is -0.377. The summed E-state index contributed by atoms with van der Waals surface area (Å²) in [5.74, 6) is 0. The predicted molar refractivity (Wildman–Crippen MR) is 51.9 cm³/mol. The van der Waals surface area contributed by atoms with Crippen molar-refractivity contribution in [1.29, 1.82) is 0 Å². The van der Waals surface area contributed by atoms with Gasteiger partial charge < -0.3 is 21.3 Å². The summed E-state index contributed by atoms with van der Waals surface area (Å²) in [5, 5.41) is 0. The molecule has 0 saturated heterocycles. The third kappa shape index (κ3) is 291. The van der Waals surface area contributed by atoms with Crippen molar-refractivity contribution in [3.05, 3.63) is 25.3 Å². The highest BCUT2D eigenvalue weighted by Gasteiger charge is 1.61. The van der Waals surface area contributed by atoms with Crippen LogP contribution in [0.4, 0.5) is 0 Å². The highest BCUT2D eigenvalue weighted by Crippen LogP contribution is 1.98. The third-order valence-corrected chi connectivity index (χ3v) is 0.333. The molecule has 0 aromatic heterocycles. The van der Waals surface area contributed by atoms with Crippen molar-refractivity contribution in [1.82, 2.24) is 0 Å². The van der Waals surface area contributed by atoms with Gasteiger partial charge in [-0.1, -0.05) is 12.2 Å². The lowest BCUT2D eigenvalue weighted by atomic mass is 10.7. The van der Waals surface area contributed by atoms with E-state index in [1.807, 2.05) is 0 Å². The Hall–Kier alpha value is -0.450. The van der Waals surface area contributed by atoms with Crippen molar-refractivity contribution in [3.8, 4) is 0 Å². The summed E-state index contributed by atoms with van der Waals surface area (Å²) in [5.41, 5.74) is 9.82. The summed E-state index contributed by atoms with van der Waals surface area (Å²) in [7, 11) is -3.13. The van der Waals surface area contributed by atoms with Crippen molar-refractivity contribution in [2.45, 2.75) is 0 Å².